The van der Waals surface area contributed by atoms with Gasteiger partial charge in [0.2, 0.25) is 0 Å². The van der Waals surface area contributed by atoms with E-state index in [9.17, 15) is 14.9 Å². The van der Waals surface area contributed by atoms with Crippen LogP contribution in [0.2, 0.25) is 5.02 Å². The highest BCUT2D eigenvalue weighted by Gasteiger charge is 2.40. The van der Waals surface area contributed by atoms with Gasteiger partial charge in [0.15, 0.2) is 0 Å². The van der Waals surface area contributed by atoms with Gasteiger partial charge in [-0.05, 0) is 45.4 Å². The first-order valence-electron chi connectivity index (χ1n) is 10.3. The van der Waals surface area contributed by atoms with Crippen molar-refractivity contribution in [2.75, 3.05) is 20.3 Å². The predicted octanol–water partition coefficient (Wildman–Crippen LogP) is 4.36. The molecule has 1 aromatic heterocycles. The Hall–Kier alpha value is -2.82. The number of nitrogens with zero attached hydrogens (tertiary/aromatic N) is 2. The first-order valence-corrected chi connectivity index (χ1v) is 10.6. The number of hydrogen-bond donors (Lipinski definition) is 0. The van der Waals surface area contributed by atoms with E-state index in [1.54, 1.807) is 39.0 Å². The van der Waals surface area contributed by atoms with Crippen molar-refractivity contribution in [1.82, 2.24) is 4.57 Å². The summed E-state index contributed by atoms with van der Waals surface area (Å²) >= 11 is 6.13. The Bertz CT molecular complexity index is 1120. The number of pyridine rings is 1. The zero-order valence-corrected chi connectivity index (χ0v) is 19.7. The van der Waals surface area contributed by atoms with Crippen LogP contribution in [0, 0.1) is 16.7 Å². The fraction of sp³-hybridized carbons (Fsp3) is 0.458. The van der Waals surface area contributed by atoms with E-state index in [1.807, 2.05) is 6.92 Å². The van der Waals surface area contributed by atoms with E-state index in [4.69, 9.17) is 25.8 Å². The predicted molar refractivity (Wildman–Crippen MR) is 121 cm³/mol. The number of carbonyl (C=O) groups is 1. The number of esters is 1. The molecule has 0 radical (unpaired) electrons. The quantitative estimate of drug-likeness (QED) is 0.597. The number of ether oxygens (including phenoxy) is 3. The van der Waals surface area contributed by atoms with Crippen molar-refractivity contribution in [2.24, 2.45) is 5.41 Å². The van der Waals surface area contributed by atoms with Crippen LogP contribution >= 0.6 is 11.6 Å². The summed E-state index contributed by atoms with van der Waals surface area (Å²) in [4.78, 5) is 26.3. The summed E-state index contributed by atoms with van der Waals surface area (Å²) in [6.45, 7) is 8.37. The Kier molecular flexibility index (Phi) is 6.68. The first kappa shape index (κ1) is 23.8. The Morgan fingerprint density at radius 3 is 2.53 bits per heavy atom. The fourth-order valence-corrected chi connectivity index (χ4v) is 3.85. The van der Waals surface area contributed by atoms with Gasteiger partial charge in [-0.1, -0.05) is 18.5 Å². The van der Waals surface area contributed by atoms with E-state index >= 15 is 0 Å². The molecule has 1 aromatic carbocycles. The molecule has 0 saturated carbocycles. The molecule has 2 aromatic rings. The Morgan fingerprint density at radius 2 is 2.00 bits per heavy atom. The summed E-state index contributed by atoms with van der Waals surface area (Å²) in [5.41, 5.74) is -0.101. The number of aromatic nitrogens is 1. The van der Waals surface area contributed by atoms with Gasteiger partial charge in [0, 0.05) is 27.6 Å². The number of nitriles is 1. The van der Waals surface area contributed by atoms with Crippen LogP contribution < -0.4 is 10.3 Å². The van der Waals surface area contributed by atoms with E-state index in [0.29, 0.717) is 47.1 Å². The molecule has 1 atom stereocenters. The average molecular weight is 459 g/mol. The maximum absolute atomic E-state index is 13.2. The lowest BCUT2D eigenvalue weighted by molar-refractivity contribution is -0.165. The maximum Gasteiger partial charge on any atom is 0.329 e. The second-order valence-electron chi connectivity index (χ2n) is 9.36. The molecule has 8 heteroatoms. The lowest BCUT2D eigenvalue weighted by Gasteiger charge is -2.40. The topological polar surface area (TPSA) is 90.5 Å². The lowest BCUT2D eigenvalue weighted by Crippen LogP contribution is -2.45. The van der Waals surface area contributed by atoms with Crippen molar-refractivity contribution in [3.63, 3.8) is 0 Å². The zero-order valence-electron chi connectivity index (χ0n) is 18.9. The van der Waals surface area contributed by atoms with E-state index in [1.165, 1.54) is 23.9 Å². The third kappa shape index (κ3) is 5.14. The molecule has 0 bridgehead atoms. The normalized spacial score (nSPS) is 15.9. The number of methoxy groups -OCH3 is 1. The molecule has 0 N–H and O–H groups in total. The van der Waals surface area contributed by atoms with E-state index in [2.05, 4.69) is 6.07 Å². The van der Waals surface area contributed by atoms with Crippen molar-refractivity contribution in [3.8, 4) is 22.9 Å². The van der Waals surface area contributed by atoms with Gasteiger partial charge < -0.3 is 14.2 Å². The monoisotopic (exact) mass is 458 g/mol. The summed E-state index contributed by atoms with van der Waals surface area (Å²) < 4.78 is 17.9. The molecule has 2 heterocycles. The number of hydrogen-bond acceptors (Lipinski definition) is 6. The second kappa shape index (κ2) is 8.97. The molecular formula is C24H27ClN2O5. The van der Waals surface area contributed by atoms with Crippen molar-refractivity contribution in [2.45, 2.75) is 45.8 Å². The number of carbonyl (C=O) groups excluding carboxylic acids is 1. The average Bonchev–Trinajstić information content (AvgIpc) is 2.69. The van der Waals surface area contributed by atoms with E-state index in [-0.39, 0.29) is 5.41 Å². The molecule has 7 nitrogen and oxygen atoms in total. The van der Waals surface area contributed by atoms with Gasteiger partial charge in [-0.25, -0.2) is 4.79 Å². The van der Waals surface area contributed by atoms with Gasteiger partial charge in [0.1, 0.15) is 17.4 Å². The van der Waals surface area contributed by atoms with Crippen molar-refractivity contribution < 1.29 is 19.0 Å². The molecule has 1 unspecified atom stereocenters. The molecule has 0 amide bonds. The first-order chi connectivity index (χ1) is 15.0. The third-order valence-corrected chi connectivity index (χ3v) is 5.49. The molecule has 1 aliphatic rings. The standard InChI is InChI=1S/C24H27ClN2O5/c1-23(2,3)32-22(29)19(10-24(4)13-31-14-24)27-12-20(30-5)18(9-21(27)28)17-8-16(25)7-6-15(17)11-26/h6-9,12,19H,10,13-14H2,1-5H3. The molecule has 170 valence electrons. The molecule has 0 spiro atoms. The van der Waals surface area contributed by atoms with Crippen LogP contribution in [0.3, 0.4) is 0 Å². The minimum atomic E-state index is -0.853. The van der Waals surface area contributed by atoms with E-state index in [0.717, 1.165) is 0 Å². The lowest BCUT2D eigenvalue weighted by atomic mass is 9.81. The van der Waals surface area contributed by atoms with Crippen molar-refractivity contribution >= 4 is 17.6 Å². The molecule has 3 rings (SSSR count). The molecular weight excluding hydrogens is 432 g/mol. The highest BCUT2D eigenvalue weighted by atomic mass is 35.5. The zero-order chi connectivity index (χ0) is 23.7. The Labute approximate surface area is 192 Å². The SMILES string of the molecule is COc1cn(C(CC2(C)COC2)C(=O)OC(C)(C)C)c(=O)cc1-c1cc(Cl)ccc1C#N. The second-order valence-corrected chi connectivity index (χ2v) is 9.80. The van der Waals surface area contributed by atoms with Gasteiger partial charge >= 0.3 is 5.97 Å². The smallest absolute Gasteiger partial charge is 0.329 e. The van der Waals surface area contributed by atoms with Crippen LogP contribution in [-0.2, 0) is 14.3 Å². The van der Waals surface area contributed by atoms with Crippen LogP contribution in [0.1, 0.15) is 45.7 Å². The summed E-state index contributed by atoms with van der Waals surface area (Å²) in [5, 5.41) is 9.92. The van der Waals surface area contributed by atoms with Crippen LogP contribution in [0.4, 0.5) is 0 Å². The molecule has 1 saturated heterocycles. The van der Waals surface area contributed by atoms with Crippen LogP contribution in [0.5, 0.6) is 5.75 Å². The summed E-state index contributed by atoms with van der Waals surface area (Å²) in [7, 11) is 1.47. The van der Waals surface area contributed by atoms with Crippen LogP contribution in [-0.4, -0.2) is 36.5 Å². The Balaban J connectivity index is 2.12. The number of rotatable bonds is 6. The largest absolute Gasteiger partial charge is 0.495 e. The van der Waals surface area contributed by atoms with Gasteiger partial charge in [-0.15, -0.1) is 0 Å². The van der Waals surface area contributed by atoms with Crippen LogP contribution in [0.15, 0.2) is 35.3 Å². The molecule has 32 heavy (non-hydrogen) atoms. The summed E-state index contributed by atoms with van der Waals surface area (Å²) in [6.07, 6.45) is 1.88. The molecule has 0 aliphatic carbocycles. The van der Waals surface area contributed by atoms with Gasteiger partial charge in [-0.2, -0.15) is 5.26 Å². The van der Waals surface area contributed by atoms with Crippen molar-refractivity contribution in [3.05, 3.63) is 51.4 Å². The molecule has 1 fully saturated rings. The summed E-state index contributed by atoms with van der Waals surface area (Å²) in [5.74, 6) is -0.157. The van der Waals surface area contributed by atoms with Crippen LogP contribution in [0.25, 0.3) is 11.1 Å². The maximum atomic E-state index is 13.2. The van der Waals surface area contributed by atoms with Gasteiger partial charge in [0.25, 0.3) is 5.56 Å². The van der Waals surface area contributed by atoms with Gasteiger partial charge in [0.05, 0.1) is 38.2 Å². The minimum Gasteiger partial charge on any atom is -0.495 e. The third-order valence-electron chi connectivity index (χ3n) is 5.26. The number of halogens is 1. The fourth-order valence-electron chi connectivity index (χ4n) is 3.68. The highest BCUT2D eigenvalue weighted by molar-refractivity contribution is 6.31. The summed E-state index contributed by atoms with van der Waals surface area (Å²) in [6, 6.07) is 7.42. The van der Waals surface area contributed by atoms with Gasteiger partial charge in [-0.3, -0.25) is 9.36 Å². The Morgan fingerprint density at radius 1 is 1.31 bits per heavy atom. The van der Waals surface area contributed by atoms with Crippen molar-refractivity contribution in [1.29, 1.82) is 5.26 Å². The van der Waals surface area contributed by atoms with E-state index < -0.39 is 23.2 Å². The number of benzene rings is 1. The highest BCUT2D eigenvalue weighted by Crippen LogP contribution is 2.38. The minimum absolute atomic E-state index is 0.242. The molecule has 1 aliphatic heterocycles.